The first-order valence-corrected chi connectivity index (χ1v) is 8.02. The summed E-state index contributed by atoms with van der Waals surface area (Å²) in [4.78, 5) is 25.6. The fraction of sp³-hybridized carbons (Fsp3) is 0.294. The van der Waals surface area contributed by atoms with Crippen molar-refractivity contribution in [1.82, 2.24) is 5.32 Å². The van der Waals surface area contributed by atoms with Crippen molar-refractivity contribution in [1.29, 1.82) is 0 Å². The van der Waals surface area contributed by atoms with E-state index in [1.165, 1.54) is 9.75 Å². The second-order valence-corrected chi connectivity index (χ2v) is 6.94. The Morgan fingerprint density at radius 2 is 2.14 bits per heavy atom. The van der Waals surface area contributed by atoms with Gasteiger partial charge in [-0.15, -0.1) is 11.3 Å². The van der Waals surface area contributed by atoms with E-state index in [2.05, 4.69) is 24.4 Å². The Labute approximate surface area is 132 Å². The van der Waals surface area contributed by atoms with Crippen molar-refractivity contribution in [3.05, 3.63) is 57.3 Å². The molecule has 4 nitrogen and oxygen atoms in total. The Morgan fingerprint density at radius 1 is 1.32 bits per heavy atom. The predicted octanol–water partition coefficient (Wildman–Crippen LogP) is 3.17. The van der Waals surface area contributed by atoms with Crippen LogP contribution in [-0.4, -0.2) is 17.0 Å². The Morgan fingerprint density at radius 3 is 2.82 bits per heavy atom. The zero-order valence-corrected chi connectivity index (χ0v) is 13.0. The first-order chi connectivity index (χ1) is 10.5. The van der Waals surface area contributed by atoms with Gasteiger partial charge in [-0.05, 0) is 43.2 Å². The van der Waals surface area contributed by atoms with Gasteiger partial charge >= 0.3 is 5.97 Å². The van der Waals surface area contributed by atoms with E-state index in [9.17, 15) is 9.59 Å². The van der Waals surface area contributed by atoms with Gasteiger partial charge in [-0.25, -0.2) is 4.79 Å². The van der Waals surface area contributed by atoms with E-state index in [0.717, 1.165) is 12.0 Å². The molecule has 1 aliphatic rings. The number of carbonyl (C=O) groups is 2. The molecule has 2 N–H and O–H groups in total. The summed E-state index contributed by atoms with van der Waals surface area (Å²) >= 11 is 1.75. The molecule has 22 heavy (non-hydrogen) atoms. The maximum absolute atomic E-state index is 12.2. The third-order valence-electron chi connectivity index (χ3n) is 3.89. The lowest BCUT2D eigenvalue weighted by atomic mass is 10.1. The molecular formula is C17H17NO3S. The number of rotatable bonds is 5. The van der Waals surface area contributed by atoms with Gasteiger partial charge in [0, 0.05) is 28.1 Å². The smallest absolute Gasteiger partial charge is 0.335 e. The molecule has 3 rings (SSSR count). The molecule has 1 heterocycles. The minimum Gasteiger partial charge on any atom is -0.478 e. The van der Waals surface area contributed by atoms with Gasteiger partial charge in [0.25, 0.3) is 0 Å². The van der Waals surface area contributed by atoms with Crippen LogP contribution in [0.3, 0.4) is 0 Å². The lowest BCUT2D eigenvalue weighted by Gasteiger charge is -2.06. The molecule has 2 atom stereocenters. The van der Waals surface area contributed by atoms with Crippen molar-refractivity contribution >= 4 is 23.2 Å². The lowest BCUT2D eigenvalue weighted by Crippen LogP contribution is -2.24. The highest BCUT2D eigenvalue weighted by Gasteiger charge is 2.44. The number of aryl methyl sites for hydroxylation is 1. The molecule has 1 aromatic carbocycles. The summed E-state index contributed by atoms with van der Waals surface area (Å²) in [5.41, 5.74) is 1.04. The zero-order valence-electron chi connectivity index (χ0n) is 12.2. The number of amides is 1. The normalized spacial score (nSPS) is 19.7. The Kier molecular flexibility index (Phi) is 3.98. The number of thiophene rings is 1. The predicted molar refractivity (Wildman–Crippen MR) is 85.2 cm³/mol. The summed E-state index contributed by atoms with van der Waals surface area (Å²) in [5.74, 6) is -0.495. The summed E-state index contributed by atoms with van der Waals surface area (Å²) in [6.45, 7) is 2.44. The second kappa shape index (κ2) is 5.93. The van der Waals surface area contributed by atoms with E-state index in [1.807, 2.05) is 6.07 Å². The molecule has 0 saturated heterocycles. The Balaban J connectivity index is 1.55. The topological polar surface area (TPSA) is 66.4 Å². The largest absolute Gasteiger partial charge is 0.478 e. The van der Waals surface area contributed by atoms with Crippen LogP contribution in [-0.2, 0) is 11.3 Å². The number of hydrogen-bond donors (Lipinski definition) is 2. The van der Waals surface area contributed by atoms with Gasteiger partial charge in [0.05, 0.1) is 5.56 Å². The van der Waals surface area contributed by atoms with Crippen molar-refractivity contribution in [3.8, 4) is 0 Å². The molecular weight excluding hydrogens is 298 g/mol. The highest BCUT2D eigenvalue weighted by atomic mass is 32.1. The molecule has 0 radical (unpaired) electrons. The van der Waals surface area contributed by atoms with Crippen LogP contribution < -0.4 is 5.32 Å². The number of carboxylic acid groups (broad SMARTS) is 1. The summed E-state index contributed by atoms with van der Waals surface area (Å²) in [6.07, 6.45) is 0.904. The van der Waals surface area contributed by atoms with E-state index in [1.54, 1.807) is 29.5 Å². The van der Waals surface area contributed by atoms with Crippen LogP contribution in [0.25, 0.3) is 0 Å². The van der Waals surface area contributed by atoms with Gasteiger partial charge < -0.3 is 10.4 Å². The molecule has 1 aliphatic carbocycles. The second-order valence-electron chi connectivity index (χ2n) is 5.62. The van der Waals surface area contributed by atoms with Crippen LogP contribution in [0.5, 0.6) is 0 Å². The number of benzene rings is 1. The minimum absolute atomic E-state index is 0.0526. The van der Waals surface area contributed by atoms with Gasteiger partial charge in [-0.2, -0.15) is 0 Å². The number of carbonyl (C=O) groups excluding carboxylic acids is 1. The monoisotopic (exact) mass is 315 g/mol. The summed E-state index contributed by atoms with van der Waals surface area (Å²) in [5, 5.41) is 11.9. The highest BCUT2D eigenvalue weighted by molar-refractivity contribution is 7.12. The molecule has 0 spiro atoms. The van der Waals surface area contributed by atoms with E-state index in [-0.39, 0.29) is 17.4 Å². The van der Waals surface area contributed by atoms with Gasteiger partial charge in [0.1, 0.15) is 0 Å². The van der Waals surface area contributed by atoms with Gasteiger partial charge in [0.2, 0.25) is 5.91 Å². The van der Waals surface area contributed by atoms with E-state index in [4.69, 9.17) is 5.11 Å². The molecule has 1 fully saturated rings. The minimum atomic E-state index is -0.955. The molecule has 1 aromatic heterocycles. The van der Waals surface area contributed by atoms with Crippen molar-refractivity contribution in [3.63, 3.8) is 0 Å². The maximum atomic E-state index is 12.2. The molecule has 1 saturated carbocycles. The number of carboxylic acids is 1. The Bertz CT molecular complexity index is 722. The maximum Gasteiger partial charge on any atom is 0.335 e. The molecule has 0 unspecified atom stereocenters. The molecule has 5 heteroatoms. The number of aromatic carboxylic acids is 1. The molecule has 114 valence electrons. The number of hydrogen-bond acceptors (Lipinski definition) is 3. The quantitative estimate of drug-likeness (QED) is 0.890. The highest BCUT2D eigenvalue weighted by Crippen LogP contribution is 2.49. The van der Waals surface area contributed by atoms with Crippen LogP contribution in [0, 0.1) is 12.8 Å². The third kappa shape index (κ3) is 3.20. The van der Waals surface area contributed by atoms with E-state index < -0.39 is 5.97 Å². The average Bonchev–Trinajstić information content (AvgIpc) is 3.20. The van der Waals surface area contributed by atoms with E-state index >= 15 is 0 Å². The molecule has 1 amide bonds. The first kappa shape index (κ1) is 14.8. The van der Waals surface area contributed by atoms with Crippen molar-refractivity contribution in [2.24, 2.45) is 5.92 Å². The van der Waals surface area contributed by atoms with Crippen LogP contribution in [0.1, 0.15) is 38.0 Å². The van der Waals surface area contributed by atoms with Crippen LogP contribution >= 0.6 is 11.3 Å². The third-order valence-corrected chi connectivity index (χ3v) is 5.03. The fourth-order valence-electron chi connectivity index (χ4n) is 2.59. The van der Waals surface area contributed by atoms with Crippen molar-refractivity contribution < 1.29 is 14.7 Å². The van der Waals surface area contributed by atoms with Crippen LogP contribution in [0.4, 0.5) is 0 Å². The number of nitrogens with one attached hydrogen (secondary N) is 1. The van der Waals surface area contributed by atoms with Crippen molar-refractivity contribution in [2.45, 2.75) is 25.8 Å². The van der Waals surface area contributed by atoms with Gasteiger partial charge in [-0.1, -0.05) is 12.1 Å². The van der Waals surface area contributed by atoms with Crippen molar-refractivity contribution in [2.75, 3.05) is 0 Å². The zero-order chi connectivity index (χ0) is 15.7. The Hall–Kier alpha value is -2.14. The molecule has 0 bridgehead atoms. The standard InChI is InChI=1S/C17H17NO3S/c1-10-5-6-15(22-10)13-8-14(13)16(19)18-9-11-3-2-4-12(7-11)17(20)21/h2-7,13-14H,8-9H2,1H3,(H,18,19)(H,20,21)/t13-,14+/m0/s1. The summed E-state index contributed by atoms with van der Waals surface area (Å²) in [7, 11) is 0. The summed E-state index contributed by atoms with van der Waals surface area (Å²) in [6, 6.07) is 10.8. The SMILES string of the molecule is Cc1ccc([C@H]2C[C@H]2C(=O)NCc2cccc(C(=O)O)c2)s1. The van der Waals surface area contributed by atoms with Gasteiger partial charge in [0.15, 0.2) is 0 Å². The van der Waals surface area contributed by atoms with Crippen LogP contribution in [0.2, 0.25) is 0 Å². The van der Waals surface area contributed by atoms with Crippen LogP contribution in [0.15, 0.2) is 36.4 Å². The average molecular weight is 315 g/mol. The van der Waals surface area contributed by atoms with Gasteiger partial charge in [-0.3, -0.25) is 4.79 Å². The lowest BCUT2D eigenvalue weighted by molar-refractivity contribution is -0.122. The molecule has 0 aliphatic heterocycles. The summed E-state index contributed by atoms with van der Waals surface area (Å²) < 4.78 is 0. The van der Waals surface area contributed by atoms with E-state index in [0.29, 0.717) is 12.5 Å². The molecule has 2 aromatic rings. The fourth-order valence-corrected chi connectivity index (χ4v) is 3.64. The first-order valence-electron chi connectivity index (χ1n) is 7.21.